The molecule has 0 saturated heterocycles. The van der Waals surface area contributed by atoms with Gasteiger partial charge in [0.2, 0.25) is 5.91 Å². The van der Waals surface area contributed by atoms with Crippen molar-refractivity contribution in [3.05, 3.63) is 100 Å². The minimum atomic E-state index is -5.08. The number of amides is 1. The van der Waals surface area contributed by atoms with Crippen LogP contribution in [0.1, 0.15) is 28.2 Å². The van der Waals surface area contributed by atoms with Gasteiger partial charge in [-0.15, -0.1) is 23.2 Å². The van der Waals surface area contributed by atoms with E-state index < -0.39 is 56.9 Å². The van der Waals surface area contributed by atoms with E-state index in [0.717, 1.165) is 0 Å². The van der Waals surface area contributed by atoms with Gasteiger partial charge in [0, 0.05) is 28.6 Å². The summed E-state index contributed by atoms with van der Waals surface area (Å²) >= 11 is 18.6. The summed E-state index contributed by atoms with van der Waals surface area (Å²) in [5.41, 5.74) is -2.25. The zero-order chi connectivity index (χ0) is 28.9. The lowest BCUT2D eigenvalue weighted by atomic mass is 10.0. The molecular weight excluding hydrogens is 596 g/mol. The van der Waals surface area contributed by atoms with Crippen molar-refractivity contribution in [3.63, 3.8) is 0 Å². The molecule has 1 aliphatic rings. The molecule has 0 aliphatic heterocycles. The summed E-state index contributed by atoms with van der Waals surface area (Å²) < 4.78 is 91.0. The fourth-order valence-corrected chi connectivity index (χ4v) is 5.12. The standard InChI is InChI=1S/C26H16Cl3F7N2O/c1-12(37-17-4-2-16(30)3-5-17)19-11-18(6-7-20(19)27)38-23(39)22-21(24(22,28)29)13-8-14(25(31,32)33)10-15(9-13)26(34,35)36/h2-11,21-22,37H,1H2,(H,38,39). The third kappa shape index (κ3) is 6.28. The van der Waals surface area contributed by atoms with E-state index in [1.54, 1.807) is 0 Å². The van der Waals surface area contributed by atoms with Gasteiger partial charge in [0.1, 0.15) is 10.2 Å². The van der Waals surface area contributed by atoms with Crippen molar-refractivity contribution in [1.29, 1.82) is 0 Å². The first-order valence-electron chi connectivity index (χ1n) is 11.0. The van der Waals surface area contributed by atoms with Gasteiger partial charge in [-0.3, -0.25) is 4.79 Å². The topological polar surface area (TPSA) is 41.1 Å². The largest absolute Gasteiger partial charge is 0.416 e. The molecule has 0 radical (unpaired) electrons. The lowest BCUT2D eigenvalue weighted by molar-refractivity contribution is -0.143. The van der Waals surface area contributed by atoms with Crippen molar-refractivity contribution in [2.45, 2.75) is 22.6 Å². The molecule has 3 nitrogen and oxygen atoms in total. The summed E-state index contributed by atoms with van der Waals surface area (Å²) in [5.74, 6) is -3.97. The van der Waals surface area contributed by atoms with E-state index in [-0.39, 0.29) is 16.8 Å². The van der Waals surface area contributed by atoms with Gasteiger partial charge < -0.3 is 10.6 Å². The van der Waals surface area contributed by atoms with Gasteiger partial charge in [-0.05, 0) is 66.2 Å². The Bertz CT molecular complexity index is 1400. The number of benzene rings is 3. The van der Waals surface area contributed by atoms with Crippen LogP contribution < -0.4 is 10.6 Å². The molecule has 2 N–H and O–H groups in total. The number of hydrogen-bond acceptors (Lipinski definition) is 2. The maximum atomic E-state index is 13.3. The highest BCUT2D eigenvalue weighted by Gasteiger charge is 2.68. The van der Waals surface area contributed by atoms with Crippen molar-refractivity contribution >= 4 is 57.8 Å². The van der Waals surface area contributed by atoms with Gasteiger partial charge in [-0.1, -0.05) is 18.2 Å². The second-order valence-corrected chi connectivity index (χ2v) is 10.6. The van der Waals surface area contributed by atoms with Crippen LogP contribution >= 0.6 is 34.8 Å². The van der Waals surface area contributed by atoms with Crippen LogP contribution in [-0.4, -0.2) is 10.2 Å². The van der Waals surface area contributed by atoms with Crippen molar-refractivity contribution in [2.75, 3.05) is 10.6 Å². The lowest BCUT2D eigenvalue weighted by Crippen LogP contribution is -2.17. The lowest BCUT2D eigenvalue weighted by Gasteiger charge is -2.14. The first-order valence-corrected chi connectivity index (χ1v) is 12.1. The van der Waals surface area contributed by atoms with Gasteiger partial charge in [0.25, 0.3) is 0 Å². The smallest absolute Gasteiger partial charge is 0.355 e. The molecule has 3 aromatic carbocycles. The van der Waals surface area contributed by atoms with Crippen LogP contribution in [0.4, 0.5) is 42.1 Å². The van der Waals surface area contributed by atoms with E-state index in [9.17, 15) is 35.5 Å². The third-order valence-corrected chi connectivity index (χ3v) is 7.27. The van der Waals surface area contributed by atoms with Gasteiger partial charge >= 0.3 is 12.4 Å². The molecule has 1 saturated carbocycles. The minimum absolute atomic E-state index is 0.0206. The highest BCUT2D eigenvalue weighted by Crippen LogP contribution is 2.65. The summed E-state index contributed by atoms with van der Waals surface area (Å²) in [5, 5.41) is 5.69. The number of carbonyl (C=O) groups is 1. The first kappa shape index (κ1) is 29.0. The minimum Gasteiger partial charge on any atom is -0.355 e. The molecule has 2 atom stereocenters. The molecule has 1 fully saturated rings. The summed E-state index contributed by atoms with van der Waals surface area (Å²) in [7, 11) is 0. The maximum absolute atomic E-state index is 13.3. The molecule has 1 amide bonds. The Morgan fingerprint density at radius 1 is 0.821 bits per heavy atom. The van der Waals surface area contributed by atoms with Gasteiger partial charge in [-0.2, -0.15) is 26.3 Å². The molecule has 206 valence electrons. The fraction of sp³-hybridized carbons (Fsp3) is 0.192. The van der Waals surface area contributed by atoms with Crippen LogP contribution in [0, 0.1) is 11.7 Å². The predicted molar refractivity (Wildman–Crippen MR) is 136 cm³/mol. The highest BCUT2D eigenvalue weighted by atomic mass is 35.5. The Morgan fingerprint density at radius 3 is 1.90 bits per heavy atom. The fourth-order valence-electron chi connectivity index (χ4n) is 4.06. The third-order valence-electron chi connectivity index (χ3n) is 6.00. The van der Waals surface area contributed by atoms with Gasteiger partial charge in [0.15, 0.2) is 0 Å². The summed E-state index contributed by atoms with van der Waals surface area (Å²) in [6, 6.07) is 10.7. The second-order valence-electron chi connectivity index (χ2n) is 8.76. The second kappa shape index (κ2) is 10.2. The first-order chi connectivity index (χ1) is 18.0. The molecular formula is C26H16Cl3F7N2O. The zero-order valence-corrected chi connectivity index (χ0v) is 21.6. The Labute approximate surface area is 232 Å². The average molecular weight is 612 g/mol. The normalized spacial score (nSPS) is 18.4. The van der Waals surface area contributed by atoms with Crippen LogP contribution in [0.5, 0.6) is 0 Å². The summed E-state index contributed by atoms with van der Waals surface area (Å²) in [6.07, 6.45) is -10.2. The molecule has 13 heteroatoms. The number of anilines is 2. The van der Waals surface area contributed by atoms with E-state index in [1.165, 1.54) is 42.5 Å². The highest BCUT2D eigenvalue weighted by molar-refractivity contribution is 6.53. The van der Waals surface area contributed by atoms with Crippen molar-refractivity contribution < 1.29 is 35.5 Å². The Morgan fingerprint density at radius 2 is 1.36 bits per heavy atom. The number of carbonyl (C=O) groups excluding carboxylic acids is 1. The molecule has 0 bridgehead atoms. The summed E-state index contributed by atoms with van der Waals surface area (Å²) in [6.45, 7) is 3.87. The van der Waals surface area contributed by atoms with Crippen molar-refractivity contribution in [1.82, 2.24) is 0 Å². The van der Waals surface area contributed by atoms with Crippen molar-refractivity contribution in [2.24, 2.45) is 5.92 Å². The van der Waals surface area contributed by atoms with E-state index in [2.05, 4.69) is 17.2 Å². The molecule has 1 aliphatic carbocycles. The van der Waals surface area contributed by atoms with Crippen LogP contribution in [-0.2, 0) is 17.1 Å². The molecule has 2 unspecified atom stereocenters. The monoisotopic (exact) mass is 610 g/mol. The maximum Gasteiger partial charge on any atom is 0.416 e. The molecule has 0 aromatic heterocycles. The van der Waals surface area contributed by atoms with Crippen molar-refractivity contribution in [3.8, 4) is 0 Å². The molecule has 3 aromatic rings. The predicted octanol–water partition coefficient (Wildman–Crippen LogP) is 9.13. The van der Waals surface area contributed by atoms with Crippen LogP contribution in [0.2, 0.25) is 5.02 Å². The molecule has 4 rings (SSSR count). The van der Waals surface area contributed by atoms with E-state index in [4.69, 9.17) is 34.8 Å². The molecule has 39 heavy (non-hydrogen) atoms. The number of nitrogens with one attached hydrogen (secondary N) is 2. The Balaban J connectivity index is 1.57. The van der Waals surface area contributed by atoms with Crippen LogP contribution in [0.25, 0.3) is 5.70 Å². The van der Waals surface area contributed by atoms with E-state index >= 15 is 0 Å². The molecule has 0 heterocycles. The zero-order valence-electron chi connectivity index (χ0n) is 19.3. The number of halogens is 10. The summed E-state index contributed by atoms with van der Waals surface area (Å²) in [4.78, 5) is 13.0. The van der Waals surface area contributed by atoms with Crippen LogP contribution in [0.15, 0.2) is 67.2 Å². The number of rotatable bonds is 6. The number of alkyl halides is 8. The SMILES string of the molecule is C=C(Nc1ccc(F)cc1)c1cc(NC(=O)C2C(c3cc(C(F)(F)F)cc(C(F)(F)F)c3)C2(Cl)Cl)ccc1Cl. The van der Waals surface area contributed by atoms with Gasteiger partial charge in [-0.25, -0.2) is 4.39 Å². The number of hydrogen-bond donors (Lipinski definition) is 2. The Hall–Kier alpha value is -2.95. The van der Waals surface area contributed by atoms with Gasteiger partial charge in [0.05, 0.1) is 22.1 Å². The quantitative estimate of drug-likeness (QED) is 0.216. The van der Waals surface area contributed by atoms with Crippen LogP contribution in [0.3, 0.4) is 0 Å². The van der Waals surface area contributed by atoms with E-state index in [0.29, 0.717) is 29.1 Å². The molecule has 0 spiro atoms. The Kier molecular flexibility index (Phi) is 7.61. The van der Waals surface area contributed by atoms with E-state index in [1.807, 2.05) is 0 Å². The average Bonchev–Trinajstić information content (AvgIpc) is 3.42.